The summed E-state index contributed by atoms with van der Waals surface area (Å²) in [7, 11) is 0. The van der Waals surface area contributed by atoms with E-state index in [2.05, 4.69) is 0 Å². The van der Waals surface area contributed by atoms with Crippen molar-refractivity contribution in [1.29, 1.82) is 0 Å². The number of ketones is 2. The quantitative estimate of drug-likeness (QED) is 0.482. The first-order valence-electron chi connectivity index (χ1n) is 6.85. The highest BCUT2D eigenvalue weighted by atomic mass is 19.4. The van der Waals surface area contributed by atoms with Crippen molar-refractivity contribution in [3.63, 3.8) is 0 Å². The van der Waals surface area contributed by atoms with E-state index in [-0.39, 0.29) is 11.3 Å². The minimum Gasteiger partial charge on any atom is -0.399 e. The molecule has 0 saturated heterocycles. The molecule has 0 radical (unpaired) electrons. The van der Waals surface area contributed by atoms with E-state index in [4.69, 9.17) is 11.5 Å². The molecular weight excluding hydrogens is 366 g/mol. The van der Waals surface area contributed by atoms with E-state index >= 15 is 0 Å². The number of nitrogen functional groups attached to an aromatic ring is 2. The number of benzene rings is 2. The van der Waals surface area contributed by atoms with Crippen LogP contribution in [0.3, 0.4) is 0 Å². The molecule has 4 N–H and O–H groups in total. The van der Waals surface area contributed by atoms with Gasteiger partial charge in [-0.1, -0.05) is 18.2 Å². The van der Waals surface area contributed by atoms with Crippen LogP contribution in [0.1, 0.15) is 20.7 Å². The van der Waals surface area contributed by atoms with E-state index in [0.717, 1.165) is 12.1 Å². The lowest BCUT2D eigenvalue weighted by Gasteiger charge is -2.18. The van der Waals surface area contributed by atoms with Crippen LogP contribution in [0, 0.1) is 0 Å². The van der Waals surface area contributed by atoms with E-state index < -0.39 is 46.3 Å². The maximum absolute atomic E-state index is 13.0. The lowest BCUT2D eigenvalue weighted by Crippen LogP contribution is -2.31. The first-order valence-corrected chi connectivity index (χ1v) is 6.85. The molecule has 0 bridgehead atoms. The third-order valence-corrected chi connectivity index (χ3v) is 3.43. The normalized spacial score (nSPS) is 12.1. The van der Waals surface area contributed by atoms with Gasteiger partial charge in [0.05, 0.1) is 5.56 Å². The Morgan fingerprint density at radius 2 is 1.15 bits per heavy atom. The Balaban J connectivity index is 2.88. The van der Waals surface area contributed by atoms with Crippen molar-refractivity contribution >= 4 is 22.9 Å². The van der Waals surface area contributed by atoms with E-state index in [9.17, 15) is 35.9 Å². The SMILES string of the molecule is Nc1ccc(-c2ccc(N)c(C(=O)C(F)(F)F)c2C(=O)C(F)(F)F)cc1. The summed E-state index contributed by atoms with van der Waals surface area (Å²) in [5.74, 6) is -5.25. The molecule has 0 spiro atoms. The number of hydrogen-bond donors (Lipinski definition) is 2. The summed E-state index contributed by atoms with van der Waals surface area (Å²) < 4.78 is 77.4. The zero-order valence-corrected chi connectivity index (χ0v) is 12.7. The minimum absolute atomic E-state index is 0.0389. The van der Waals surface area contributed by atoms with Gasteiger partial charge in [-0.25, -0.2) is 0 Å². The molecule has 26 heavy (non-hydrogen) atoms. The number of anilines is 2. The van der Waals surface area contributed by atoms with Gasteiger partial charge in [0.1, 0.15) is 0 Å². The summed E-state index contributed by atoms with van der Waals surface area (Å²) in [5.41, 5.74) is 6.57. The maximum Gasteiger partial charge on any atom is 0.454 e. The highest BCUT2D eigenvalue weighted by molar-refractivity contribution is 6.18. The van der Waals surface area contributed by atoms with Gasteiger partial charge in [-0.15, -0.1) is 0 Å². The van der Waals surface area contributed by atoms with Crippen LogP contribution in [0.2, 0.25) is 0 Å². The Hall–Kier alpha value is -3.04. The first-order chi connectivity index (χ1) is 11.8. The zero-order valence-electron chi connectivity index (χ0n) is 12.7. The molecule has 0 atom stereocenters. The van der Waals surface area contributed by atoms with E-state index in [1.807, 2.05) is 0 Å². The third kappa shape index (κ3) is 3.63. The topological polar surface area (TPSA) is 86.2 Å². The average Bonchev–Trinajstić information content (AvgIpc) is 2.52. The number of carbonyl (C=O) groups excluding carboxylic acids is 2. The van der Waals surface area contributed by atoms with E-state index in [1.165, 1.54) is 24.3 Å². The van der Waals surface area contributed by atoms with Gasteiger partial charge in [0.2, 0.25) is 0 Å². The predicted octanol–water partition coefficient (Wildman–Crippen LogP) is 4.01. The van der Waals surface area contributed by atoms with Gasteiger partial charge in [-0.3, -0.25) is 9.59 Å². The molecule has 0 aromatic heterocycles. The molecule has 10 heteroatoms. The molecule has 138 valence electrons. The van der Waals surface area contributed by atoms with Crippen LogP contribution >= 0.6 is 0 Å². The molecule has 2 rings (SSSR count). The smallest absolute Gasteiger partial charge is 0.399 e. The minimum atomic E-state index is -5.52. The molecule has 0 aliphatic rings. The molecule has 0 aliphatic heterocycles. The largest absolute Gasteiger partial charge is 0.454 e. The van der Waals surface area contributed by atoms with Crippen molar-refractivity contribution in [1.82, 2.24) is 0 Å². The number of alkyl halides is 6. The number of carbonyl (C=O) groups is 2. The highest BCUT2D eigenvalue weighted by Gasteiger charge is 2.47. The average molecular weight is 376 g/mol. The lowest BCUT2D eigenvalue weighted by atomic mass is 9.89. The number of rotatable bonds is 3. The number of nitrogens with two attached hydrogens (primary N) is 2. The second-order valence-electron chi connectivity index (χ2n) is 5.23. The van der Waals surface area contributed by atoms with Crippen molar-refractivity contribution < 1.29 is 35.9 Å². The summed E-state index contributed by atoms with van der Waals surface area (Å²) in [6, 6.07) is 6.73. The first kappa shape index (κ1) is 19.3. The van der Waals surface area contributed by atoms with Crippen LogP contribution in [-0.2, 0) is 0 Å². The molecular formula is C16H10F6N2O2. The van der Waals surface area contributed by atoms with Gasteiger partial charge >= 0.3 is 12.4 Å². The molecule has 2 aromatic carbocycles. The van der Waals surface area contributed by atoms with Gasteiger partial charge in [0, 0.05) is 16.9 Å². The van der Waals surface area contributed by atoms with Crippen LogP contribution in [0.15, 0.2) is 36.4 Å². The van der Waals surface area contributed by atoms with Crippen LogP contribution in [0.5, 0.6) is 0 Å². The standard InChI is InChI=1S/C16H10F6N2O2/c17-15(18,19)13(25)11-9(7-1-3-8(23)4-2-7)5-6-10(24)12(11)14(26)16(20,21)22/h1-6H,23-24H2. The Bertz CT molecular complexity index is 870. The second kappa shape index (κ2) is 6.36. The molecule has 0 amide bonds. The number of Topliss-reactive ketones (excluding diaryl/α,β-unsaturated/α-hetero) is 2. The summed E-state index contributed by atoms with van der Waals surface area (Å²) in [5, 5.41) is 0. The Morgan fingerprint density at radius 1 is 0.692 bits per heavy atom. The fraction of sp³-hybridized carbons (Fsp3) is 0.125. The van der Waals surface area contributed by atoms with Gasteiger partial charge in [-0.05, 0) is 29.3 Å². The maximum atomic E-state index is 13.0. The summed E-state index contributed by atoms with van der Waals surface area (Å²) >= 11 is 0. The van der Waals surface area contributed by atoms with Gasteiger partial charge in [0.15, 0.2) is 0 Å². The predicted molar refractivity (Wildman–Crippen MR) is 81.5 cm³/mol. The Labute approximate surface area is 142 Å². The van der Waals surface area contributed by atoms with Gasteiger partial charge in [0.25, 0.3) is 11.6 Å². The van der Waals surface area contributed by atoms with Crippen molar-refractivity contribution in [2.24, 2.45) is 0 Å². The molecule has 0 fully saturated rings. The monoisotopic (exact) mass is 376 g/mol. The van der Waals surface area contributed by atoms with Crippen LogP contribution in [-0.4, -0.2) is 23.9 Å². The van der Waals surface area contributed by atoms with Crippen molar-refractivity contribution in [2.75, 3.05) is 11.5 Å². The van der Waals surface area contributed by atoms with Crippen molar-refractivity contribution in [3.05, 3.63) is 47.5 Å². The lowest BCUT2D eigenvalue weighted by molar-refractivity contribution is -0.0907. The van der Waals surface area contributed by atoms with Crippen molar-refractivity contribution in [3.8, 4) is 11.1 Å². The molecule has 0 aliphatic carbocycles. The molecule has 0 heterocycles. The van der Waals surface area contributed by atoms with Gasteiger partial charge in [-0.2, -0.15) is 26.3 Å². The van der Waals surface area contributed by atoms with E-state index in [1.54, 1.807) is 0 Å². The fourth-order valence-corrected chi connectivity index (χ4v) is 2.29. The molecule has 2 aromatic rings. The fourth-order valence-electron chi connectivity index (χ4n) is 2.29. The second-order valence-corrected chi connectivity index (χ2v) is 5.23. The van der Waals surface area contributed by atoms with Gasteiger partial charge < -0.3 is 11.5 Å². The summed E-state index contributed by atoms with van der Waals surface area (Å²) in [6.45, 7) is 0. The van der Waals surface area contributed by atoms with Crippen LogP contribution in [0.4, 0.5) is 37.7 Å². The van der Waals surface area contributed by atoms with Crippen LogP contribution < -0.4 is 11.5 Å². The Morgan fingerprint density at radius 3 is 1.62 bits per heavy atom. The molecule has 0 unspecified atom stereocenters. The van der Waals surface area contributed by atoms with Crippen molar-refractivity contribution in [2.45, 2.75) is 12.4 Å². The summed E-state index contributed by atoms with van der Waals surface area (Å²) in [4.78, 5) is 23.4. The zero-order chi connectivity index (χ0) is 19.9. The van der Waals surface area contributed by atoms with Crippen LogP contribution in [0.25, 0.3) is 11.1 Å². The Kier molecular flexibility index (Phi) is 4.71. The third-order valence-electron chi connectivity index (χ3n) is 3.43. The van der Waals surface area contributed by atoms with E-state index in [0.29, 0.717) is 0 Å². The number of hydrogen-bond acceptors (Lipinski definition) is 4. The molecule has 0 saturated carbocycles. The number of halogens is 6. The molecule has 4 nitrogen and oxygen atoms in total. The highest BCUT2D eigenvalue weighted by Crippen LogP contribution is 2.37. The summed E-state index contributed by atoms with van der Waals surface area (Å²) in [6.07, 6.45) is -11.0.